The van der Waals surface area contributed by atoms with E-state index < -0.39 is 68.4 Å². The second kappa shape index (κ2) is 14.9. The van der Waals surface area contributed by atoms with Crippen LogP contribution in [0.2, 0.25) is 25.7 Å². The Morgan fingerprint density at radius 2 is 1.81 bits per heavy atom. The fourth-order valence-electron chi connectivity index (χ4n) is 4.26. The Hall–Kier alpha value is -2.69. The molecule has 0 bridgehead atoms. The van der Waals surface area contributed by atoms with Gasteiger partial charge < -0.3 is 19.4 Å². The number of nitrogens with one attached hydrogen (secondary N) is 1. The number of fused-ring (bicyclic) bond motifs is 1. The van der Waals surface area contributed by atoms with E-state index in [0.29, 0.717) is 10.1 Å². The van der Waals surface area contributed by atoms with Crippen LogP contribution in [0.25, 0.3) is 10.8 Å². The quantitative estimate of drug-likeness (QED) is 0.108. The third-order valence-electron chi connectivity index (χ3n) is 6.58. The van der Waals surface area contributed by atoms with Gasteiger partial charge in [0.1, 0.15) is 18.1 Å². The van der Waals surface area contributed by atoms with Crippen molar-refractivity contribution in [1.29, 1.82) is 0 Å². The Morgan fingerprint density at radius 3 is 2.47 bits per heavy atom. The Morgan fingerprint density at radius 1 is 1.09 bits per heavy atom. The van der Waals surface area contributed by atoms with Crippen molar-refractivity contribution in [3.63, 3.8) is 0 Å². The van der Waals surface area contributed by atoms with Gasteiger partial charge in [0.25, 0.3) is 11.1 Å². The highest BCUT2D eigenvalue weighted by molar-refractivity contribution is 9.10. The number of halogens is 7. The smallest absolute Gasteiger partial charge is 0.380 e. The van der Waals surface area contributed by atoms with Crippen molar-refractivity contribution in [1.82, 2.24) is 14.3 Å². The molecule has 0 saturated heterocycles. The average Bonchev–Trinajstić information content (AvgIpc) is 2.88. The topological polar surface area (TPSA) is 87.4 Å². The summed E-state index contributed by atoms with van der Waals surface area (Å²) in [4.78, 5) is 25.6. The number of hydrogen-bond donors (Lipinski definition) is 1. The highest BCUT2D eigenvalue weighted by atomic mass is 79.9. The Balaban J connectivity index is 1.78. The first-order valence-corrected chi connectivity index (χ1v) is 18.0. The molecule has 3 aromatic rings. The summed E-state index contributed by atoms with van der Waals surface area (Å²) < 4.78 is 93.1. The van der Waals surface area contributed by atoms with Crippen LogP contribution in [0.15, 0.2) is 44.7 Å². The molecule has 8 nitrogen and oxygen atoms in total. The number of rotatable bonds is 15. The van der Waals surface area contributed by atoms with Gasteiger partial charge in [-0.25, -0.2) is 9.07 Å². The van der Waals surface area contributed by atoms with Crippen molar-refractivity contribution in [3.05, 3.63) is 67.2 Å². The lowest BCUT2D eigenvalue weighted by Crippen LogP contribution is -2.34. The van der Waals surface area contributed by atoms with E-state index in [0.717, 1.165) is 18.3 Å². The molecule has 0 aliphatic heterocycles. The van der Waals surface area contributed by atoms with Gasteiger partial charge in [0.05, 0.1) is 28.4 Å². The number of anilines is 1. The number of benzene rings is 1. The van der Waals surface area contributed by atoms with Crippen LogP contribution in [-0.2, 0) is 28.9 Å². The van der Waals surface area contributed by atoms with Crippen LogP contribution >= 0.6 is 15.9 Å². The van der Waals surface area contributed by atoms with Gasteiger partial charge >= 0.3 is 12.8 Å². The van der Waals surface area contributed by atoms with E-state index in [9.17, 15) is 35.9 Å². The predicted octanol–water partition coefficient (Wildman–Crippen LogP) is 6.68. The largest absolute Gasteiger partial charge is 0.423 e. The highest BCUT2D eigenvalue weighted by Gasteiger charge is 2.38. The van der Waals surface area contributed by atoms with E-state index in [1.54, 1.807) is 6.07 Å². The molecule has 0 aliphatic carbocycles. The molecule has 16 heteroatoms. The fourth-order valence-corrected chi connectivity index (χ4v) is 5.38. The number of nitrogens with zero attached hydrogens (tertiary/aromatic N) is 3. The average molecular weight is 700 g/mol. The SMILES string of the molecule is C[Si](C)(C)CCOCn1ncc(NC(CCCn2ccc3cc(Br)c(F)cc3c2=O)CCOC(F)F)c(C(F)(F)F)c1=O. The van der Waals surface area contributed by atoms with Crippen LogP contribution in [0.5, 0.6) is 0 Å². The molecule has 0 aliphatic rings. The van der Waals surface area contributed by atoms with Gasteiger partial charge in [0.2, 0.25) is 0 Å². The third kappa shape index (κ3) is 10.2. The summed E-state index contributed by atoms with van der Waals surface area (Å²) in [6.07, 6.45) is -2.47. The molecular weight excluding hydrogens is 666 g/mol. The van der Waals surface area contributed by atoms with Gasteiger partial charge in [-0.3, -0.25) is 9.59 Å². The molecule has 0 spiro atoms. The lowest BCUT2D eigenvalue weighted by atomic mass is 10.1. The first kappa shape index (κ1) is 34.8. The van der Waals surface area contributed by atoms with Crippen molar-refractivity contribution in [2.45, 2.75) is 77.1 Å². The molecule has 0 amide bonds. The van der Waals surface area contributed by atoms with E-state index in [1.807, 2.05) is 0 Å². The van der Waals surface area contributed by atoms with Crippen LogP contribution < -0.4 is 16.4 Å². The minimum absolute atomic E-state index is 0.112. The Labute approximate surface area is 253 Å². The van der Waals surface area contributed by atoms with E-state index in [-0.39, 0.29) is 42.3 Å². The zero-order chi connectivity index (χ0) is 31.9. The summed E-state index contributed by atoms with van der Waals surface area (Å²) in [6.45, 7) is 2.68. The number of alkyl halides is 5. The summed E-state index contributed by atoms with van der Waals surface area (Å²) in [5.41, 5.74) is -3.97. The molecule has 3 rings (SSSR count). The van der Waals surface area contributed by atoms with Crippen molar-refractivity contribution in [3.8, 4) is 0 Å². The summed E-state index contributed by atoms with van der Waals surface area (Å²) in [6, 6.07) is 4.09. The predicted molar refractivity (Wildman–Crippen MR) is 157 cm³/mol. The number of aromatic nitrogens is 3. The molecule has 0 saturated carbocycles. The first-order chi connectivity index (χ1) is 20.1. The number of aryl methyl sites for hydroxylation is 1. The summed E-state index contributed by atoms with van der Waals surface area (Å²) in [5.74, 6) is -0.611. The molecule has 0 fully saturated rings. The monoisotopic (exact) mass is 698 g/mol. The van der Waals surface area contributed by atoms with Crippen molar-refractivity contribution in [2.75, 3.05) is 18.5 Å². The Kier molecular flexibility index (Phi) is 12.0. The Bertz CT molecular complexity index is 1510. The van der Waals surface area contributed by atoms with Crippen LogP contribution in [0.1, 0.15) is 24.8 Å². The van der Waals surface area contributed by atoms with Gasteiger partial charge in [-0.1, -0.05) is 19.6 Å². The maximum atomic E-state index is 14.0. The van der Waals surface area contributed by atoms with Crippen LogP contribution in [0.4, 0.5) is 32.0 Å². The van der Waals surface area contributed by atoms with Crippen LogP contribution in [0, 0.1) is 5.82 Å². The van der Waals surface area contributed by atoms with Gasteiger partial charge in [0, 0.05) is 33.5 Å². The normalized spacial score (nSPS) is 13.2. The summed E-state index contributed by atoms with van der Waals surface area (Å²) >= 11 is 3.07. The van der Waals surface area contributed by atoms with Gasteiger partial charge in [-0.05, 0) is 64.8 Å². The second-order valence-corrected chi connectivity index (χ2v) is 17.6. The lowest BCUT2D eigenvalue weighted by molar-refractivity contribution is -0.138. The zero-order valence-electron chi connectivity index (χ0n) is 23.8. The molecule has 1 atom stereocenters. The molecule has 238 valence electrons. The molecule has 2 heterocycles. The van der Waals surface area contributed by atoms with Crippen molar-refractivity contribution < 1.29 is 35.8 Å². The number of hydrogen-bond acceptors (Lipinski definition) is 6. The molecule has 1 N–H and O–H groups in total. The highest BCUT2D eigenvalue weighted by Crippen LogP contribution is 2.32. The first-order valence-electron chi connectivity index (χ1n) is 13.5. The standard InChI is InChI=1S/C27H33BrF6N4O4Si/c1-43(2,3)12-11-41-16-38-25(40)23(27(32,33)34)22(15-35-38)36-18(7-10-42-26(30)31)5-4-8-37-9-6-17-13-20(28)21(29)14-19(17)24(37)39/h6,9,13-15,18,26,36H,4-5,7-8,10-12,16H2,1-3H3. The maximum Gasteiger partial charge on any atom is 0.423 e. The van der Waals surface area contributed by atoms with E-state index in [4.69, 9.17) is 4.74 Å². The van der Waals surface area contributed by atoms with E-state index in [1.165, 1.54) is 16.8 Å². The minimum Gasteiger partial charge on any atom is -0.380 e. The number of pyridine rings is 1. The molecule has 1 aromatic carbocycles. The lowest BCUT2D eigenvalue weighted by Gasteiger charge is -2.23. The van der Waals surface area contributed by atoms with Crippen LogP contribution in [0.3, 0.4) is 0 Å². The molecular formula is C27H33BrF6N4O4Si. The fraction of sp³-hybridized carbons (Fsp3) is 0.519. The zero-order valence-corrected chi connectivity index (χ0v) is 26.4. The molecule has 43 heavy (non-hydrogen) atoms. The van der Waals surface area contributed by atoms with Gasteiger partial charge in [0.15, 0.2) is 0 Å². The third-order valence-corrected chi connectivity index (χ3v) is 8.89. The molecule has 2 aromatic heterocycles. The van der Waals surface area contributed by atoms with Crippen LogP contribution in [-0.4, -0.2) is 48.3 Å². The van der Waals surface area contributed by atoms with Crippen molar-refractivity contribution in [2.24, 2.45) is 0 Å². The summed E-state index contributed by atoms with van der Waals surface area (Å²) in [5, 5.41) is 7.12. The molecule has 1 unspecified atom stereocenters. The molecule has 0 radical (unpaired) electrons. The van der Waals surface area contributed by atoms with Crippen molar-refractivity contribution >= 4 is 40.5 Å². The summed E-state index contributed by atoms with van der Waals surface area (Å²) in [7, 11) is -1.46. The van der Waals surface area contributed by atoms with E-state index in [2.05, 4.69) is 50.7 Å². The van der Waals surface area contributed by atoms with E-state index >= 15 is 0 Å². The second-order valence-electron chi connectivity index (χ2n) is 11.2. The van der Waals surface area contributed by atoms with Gasteiger partial charge in [-0.15, -0.1) is 0 Å². The van der Waals surface area contributed by atoms with Gasteiger partial charge in [-0.2, -0.15) is 27.1 Å². The maximum absolute atomic E-state index is 14.0. The number of ether oxygens (including phenoxy) is 2. The minimum atomic E-state index is -5.05.